The largest absolute Gasteiger partial charge is 0.351 e. The first kappa shape index (κ1) is 22.5. The number of nitrogens with zero attached hydrogens (tertiary/aromatic N) is 1. The number of nitrogens with one attached hydrogen (secondary N) is 1. The van der Waals surface area contributed by atoms with Gasteiger partial charge in [0.25, 0.3) is 15.7 Å². The summed E-state index contributed by atoms with van der Waals surface area (Å²) >= 11 is 1.00. The number of thioether (sulfide) groups is 1. The molecule has 0 aliphatic carbocycles. The van der Waals surface area contributed by atoms with Crippen LogP contribution in [0, 0.1) is 13.8 Å². The number of H-pyrrole nitrogens is 1. The molecule has 1 fully saturated rings. The summed E-state index contributed by atoms with van der Waals surface area (Å²) < 4.78 is 37.2. The lowest BCUT2D eigenvalue weighted by molar-refractivity contribution is -0.109. The molecular formula is C19H22N2O7S2. The van der Waals surface area contributed by atoms with Crippen molar-refractivity contribution in [2.45, 2.75) is 49.7 Å². The standard InChI is InChI=1S/C19H22N2O7S2/c1-11-4-6-14(7-5-11)30(25,26)27-10-15-16(29-13(3)22)8-17(28-15)21-9-12(2)18(23)20-19(21)24/h4-7,9,15-17H,8,10H2,1-3H3,(H,20,23,24)/t15-,16+,17-/m1/s1. The molecule has 0 spiro atoms. The Morgan fingerprint density at radius 2 is 1.93 bits per heavy atom. The van der Waals surface area contributed by atoms with Crippen LogP contribution in [0.1, 0.15) is 30.7 Å². The minimum absolute atomic E-state index is 0.0193. The van der Waals surface area contributed by atoms with Crippen LogP contribution < -0.4 is 11.2 Å². The molecule has 0 unspecified atom stereocenters. The van der Waals surface area contributed by atoms with E-state index in [4.69, 9.17) is 8.92 Å². The monoisotopic (exact) mass is 454 g/mol. The summed E-state index contributed by atoms with van der Waals surface area (Å²) in [5.41, 5.74) is 0.107. The van der Waals surface area contributed by atoms with Gasteiger partial charge in [0.2, 0.25) is 0 Å². The van der Waals surface area contributed by atoms with Crippen molar-refractivity contribution in [1.82, 2.24) is 9.55 Å². The summed E-state index contributed by atoms with van der Waals surface area (Å²) in [6.07, 6.45) is 0.144. The molecule has 3 atom stereocenters. The number of carbonyl (C=O) groups excluding carboxylic acids is 1. The molecule has 1 saturated heterocycles. The van der Waals surface area contributed by atoms with Gasteiger partial charge in [0.05, 0.1) is 17.6 Å². The molecule has 11 heteroatoms. The van der Waals surface area contributed by atoms with Gasteiger partial charge in [-0.15, -0.1) is 0 Å². The molecule has 1 N–H and O–H groups in total. The van der Waals surface area contributed by atoms with Crippen LogP contribution in [0.4, 0.5) is 0 Å². The Bertz CT molecular complexity index is 1150. The summed E-state index contributed by atoms with van der Waals surface area (Å²) in [4.78, 5) is 37.6. The molecule has 0 saturated carbocycles. The Kier molecular flexibility index (Phi) is 6.65. The second-order valence-corrected chi connectivity index (χ2v) is 10.1. The molecular weight excluding hydrogens is 432 g/mol. The highest BCUT2D eigenvalue weighted by molar-refractivity contribution is 8.14. The summed E-state index contributed by atoms with van der Waals surface area (Å²) in [6.45, 7) is 4.48. The van der Waals surface area contributed by atoms with Gasteiger partial charge < -0.3 is 4.74 Å². The smallest absolute Gasteiger partial charge is 0.330 e. The van der Waals surface area contributed by atoms with Crippen molar-refractivity contribution < 1.29 is 22.1 Å². The lowest BCUT2D eigenvalue weighted by atomic mass is 10.2. The average Bonchev–Trinajstić information content (AvgIpc) is 3.05. The predicted octanol–water partition coefficient (Wildman–Crippen LogP) is 1.49. The molecule has 9 nitrogen and oxygen atoms in total. The van der Waals surface area contributed by atoms with Crippen molar-refractivity contribution in [3.05, 3.63) is 62.4 Å². The lowest BCUT2D eigenvalue weighted by Crippen LogP contribution is -2.33. The number of benzene rings is 1. The van der Waals surface area contributed by atoms with E-state index in [0.29, 0.717) is 5.56 Å². The molecule has 2 aromatic rings. The molecule has 0 radical (unpaired) electrons. The van der Waals surface area contributed by atoms with E-state index in [1.165, 1.54) is 29.8 Å². The number of aromatic nitrogens is 2. The predicted molar refractivity (Wildman–Crippen MR) is 111 cm³/mol. The molecule has 1 aliphatic rings. The summed E-state index contributed by atoms with van der Waals surface area (Å²) in [5.74, 6) is 0. The van der Waals surface area contributed by atoms with Gasteiger partial charge in [0.15, 0.2) is 5.12 Å². The van der Waals surface area contributed by atoms with E-state index >= 15 is 0 Å². The summed E-state index contributed by atoms with van der Waals surface area (Å²) in [6, 6.07) is 6.23. The molecule has 1 aliphatic heterocycles. The number of carbonyl (C=O) groups is 1. The van der Waals surface area contributed by atoms with Crippen LogP contribution in [0.25, 0.3) is 0 Å². The maximum Gasteiger partial charge on any atom is 0.330 e. The first-order valence-electron chi connectivity index (χ1n) is 9.17. The minimum Gasteiger partial charge on any atom is -0.351 e. The topological polar surface area (TPSA) is 125 Å². The van der Waals surface area contributed by atoms with Gasteiger partial charge >= 0.3 is 5.69 Å². The third-order valence-corrected chi connectivity index (χ3v) is 7.08. The van der Waals surface area contributed by atoms with Crippen LogP contribution in [0.2, 0.25) is 0 Å². The van der Waals surface area contributed by atoms with Gasteiger partial charge in [-0.25, -0.2) is 4.79 Å². The zero-order valence-corrected chi connectivity index (χ0v) is 18.3. The van der Waals surface area contributed by atoms with Gasteiger partial charge in [0.1, 0.15) is 6.23 Å². The minimum atomic E-state index is -4.01. The van der Waals surface area contributed by atoms with E-state index in [0.717, 1.165) is 17.3 Å². The first-order valence-corrected chi connectivity index (χ1v) is 11.5. The molecule has 3 rings (SSSR count). The Balaban J connectivity index is 1.79. The third-order valence-electron chi connectivity index (χ3n) is 4.65. The van der Waals surface area contributed by atoms with Crippen LogP contribution in [-0.4, -0.2) is 41.0 Å². The Labute approximate surface area is 177 Å². The van der Waals surface area contributed by atoms with Crippen molar-refractivity contribution in [2.75, 3.05) is 6.61 Å². The van der Waals surface area contributed by atoms with E-state index in [-0.39, 0.29) is 23.0 Å². The Morgan fingerprint density at radius 3 is 2.57 bits per heavy atom. The van der Waals surface area contributed by atoms with Crippen LogP contribution in [-0.2, 0) is 23.8 Å². The first-order chi connectivity index (χ1) is 14.1. The quantitative estimate of drug-likeness (QED) is 0.651. The average molecular weight is 455 g/mol. The number of hydrogen-bond donors (Lipinski definition) is 1. The van der Waals surface area contributed by atoms with Crippen molar-refractivity contribution in [3.63, 3.8) is 0 Å². The van der Waals surface area contributed by atoms with E-state index in [1.807, 2.05) is 6.92 Å². The Hall–Kier alpha value is -2.21. The Morgan fingerprint density at radius 1 is 1.27 bits per heavy atom. The highest BCUT2D eigenvalue weighted by Gasteiger charge is 2.39. The van der Waals surface area contributed by atoms with Crippen molar-refractivity contribution in [1.29, 1.82) is 0 Å². The third kappa shape index (κ3) is 5.09. The maximum absolute atomic E-state index is 12.5. The zero-order chi connectivity index (χ0) is 22.1. The van der Waals surface area contributed by atoms with Crippen molar-refractivity contribution in [3.8, 4) is 0 Å². The van der Waals surface area contributed by atoms with Gasteiger partial charge in [-0.1, -0.05) is 29.5 Å². The number of aryl methyl sites for hydroxylation is 2. The van der Waals surface area contributed by atoms with Gasteiger partial charge in [-0.3, -0.25) is 23.3 Å². The van der Waals surface area contributed by atoms with Gasteiger partial charge in [-0.2, -0.15) is 8.42 Å². The maximum atomic E-state index is 12.5. The zero-order valence-electron chi connectivity index (χ0n) is 16.7. The molecule has 1 aromatic heterocycles. The summed E-state index contributed by atoms with van der Waals surface area (Å²) in [5, 5.41) is -0.583. The van der Waals surface area contributed by atoms with Gasteiger partial charge in [-0.05, 0) is 26.0 Å². The second kappa shape index (κ2) is 8.88. The second-order valence-electron chi connectivity index (χ2n) is 7.04. The number of hydrogen-bond acceptors (Lipinski definition) is 8. The molecule has 0 bridgehead atoms. The summed E-state index contributed by atoms with van der Waals surface area (Å²) in [7, 11) is -4.01. The van der Waals surface area contributed by atoms with E-state index in [2.05, 4.69) is 4.98 Å². The van der Waals surface area contributed by atoms with Crippen molar-refractivity contribution >= 4 is 27.0 Å². The highest BCUT2D eigenvalue weighted by Crippen LogP contribution is 2.36. The molecule has 0 amide bonds. The molecule has 162 valence electrons. The highest BCUT2D eigenvalue weighted by atomic mass is 32.2. The fourth-order valence-corrected chi connectivity index (χ4v) is 4.99. The van der Waals surface area contributed by atoms with Crippen LogP contribution in [0.15, 0.2) is 44.9 Å². The van der Waals surface area contributed by atoms with Crippen LogP contribution in [0.3, 0.4) is 0 Å². The number of ether oxygens (including phenoxy) is 1. The number of aromatic amines is 1. The normalized spacial score (nSPS) is 21.6. The van der Waals surface area contributed by atoms with Crippen LogP contribution >= 0.6 is 11.8 Å². The fraction of sp³-hybridized carbons (Fsp3) is 0.421. The lowest BCUT2D eigenvalue weighted by Gasteiger charge is -2.17. The molecule has 2 heterocycles. The van der Waals surface area contributed by atoms with Crippen molar-refractivity contribution in [2.24, 2.45) is 0 Å². The van der Waals surface area contributed by atoms with Crippen LogP contribution in [0.5, 0.6) is 0 Å². The van der Waals surface area contributed by atoms with E-state index in [9.17, 15) is 22.8 Å². The van der Waals surface area contributed by atoms with E-state index in [1.54, 1.807) is 19.1 Å². The SMILES string of the molecule is CC(=O)S[C@H]1C[C@H](n2cc(C)c(=O)[nH]c2=O)O[C@@H]1COS(=O)(=O)c1ccc(C)cc1. The fourth-order valence-electron chi connectivity index (χ4n) is 3.09. The molecule has 30 heavy (non-hydrogen) atoms. The van der Waals surface area contributed by atoms with Gasteiger partial charge in [0, 0.05) is 30.4 Å². The van der Waals surface area contributed by atoms with E-state index < -0.39 is 38.9 Å². The molecule has 1 aromatic carbocycles. The number of rotatable bonds is 6.